The maximum Gasteiger partial charge on any atom is 0.134 e. The van der Waals surface area contributed by atoms with Crippen molar-refractivity contribution < 1.29 is 4.74 Å². The van der Waals surface area contributed by atoms with Gasteiger partial charge in [0.05, 0.1) is 17.9 Å². The summed E-state index contributed by atoms with van der Waals surface area (Å²) in [6, 6.07) is 0. The lowest BCUT2D eigenvalue weighted by molar-refractivity contribution is 0.0998. The topological polar surface area (TPSA) is 47.0 Å². The first-order valence-electron chi connectivity index (χ1n) is 7.04. The van der Waals surface area contributed by atoms with E-state index in [0.29, 0.717) is 18.1 Å². The van der Waals surface area contributed by atoms with Crippen LogP contribution >= 0.6 is 0 Å². The SMILES string of the molecule is Cc1nc(C2CC3CCC2O3)nc2c1CCNC2. The summed E-state index contributed by atoms with van der Waals surface area (Å²) in [7, 11) is 0. The van der Waals surface area contributed by atoms with Crippen LogP contribution in [0.5, 0.6) is 0 Å². The molecule has 2 fully saturated rings. The van der Waals surface area contributed by atoms with Crippen molar-refractivity contribution in [1.82, 2.24) is 15.3 Å². The van der Waals surface area contributed by atoms with E-state index in [2.05, 4.69) is 12.2 Å². The first-order chi connectivity index (χ1) is 8.81. The van der Waals surface area contributed by atoms with Crippen LogP contribution in [0.4, 0.5) is 0 Å². The third-order valence-electron chi connectivity index (χ3n) is 4.60. The van der Waals surface area contributed by atoms with Crippen LogP contribution in [0.1, 0.15) is 48.0 Å². The zero-order valence-corrected chi connectivity index (χ0v) is 10.8. The summed E-state index contributed by atoms with van der Waals surface area (Å²) in [4.78, 5) is 9.59. The van der Waals surface area contributed by atoms with Gasteiger partial charge in [-0.25, -0.2) is 9.97 Å². The minimum atomic E-state index is 0.379. The highest BCUT2D eigenvalue weighted by Gasteiger charge is 2.43. The maximum atomic E-state index is 5.93. The molecule has 0 amide bonds. The molecular formula is C14H19N3O. The van der Waals surface area contributed by atoms with Crippen molar-refractivity contribution in [1.29, 1.82) is 0 Å². The van der Waals surface area contributed by atoms with Crippen molar-refractivity contribution in [2.75, 3.05) is 6.54 Å². The minimum Gasteiger partial charge on any atom is -0.374 e. The molecule has 0 aromatic carbocycles. The average molecular weight is 245 g/mol. The Balaban J connectivity index is 1.71. The van der Waals surface area contributed by atoms with Gasteiger partial charge in [-0.1, -0.05) is 0 Å². The summed E-state index contributed by atoms with van der Waals surface area (Å²) < 4.78 is 5.93. The number of fused-ring (bicyclic) bond motifs is 3. The summed E-state index contributed by atoms with van der Waals surface area (Å²) >= 11 is 0. The van der Waals surface area contributed by atoms with Crippen LogP contribution in [0.25, 0.3) is 0 Å². The van der Waals surface area contributed by atoms with Crippen LogP contribution in [0, 0.1) is 6.92 Å². The third kappa shape index (κ3) is 1.59. The Hall–Kier alpha value is -1.00. The average Bonchev–Trinajstić information content (AvgIpc) is 3.01. The molecule has 3 atom stereocenters. The van der Waals surface area contributed by atoms with Crippen LogP contribution in [0.15, 0.2) is 0 Å². The number of ether oxygens (including phenoxy) is 1. The standard InChI is InChI=1S/C14H19N3O/c1-8-10-4-5-15-7-12(10)17-14(16-8)11-6-9-2-3-13(11)18-9/h9,11,13,15H,2-7H2,1H3. The lowest BCUT2D eigenvalue weighted by Gasteiger charge is -2.22. The highest BCUT2D eigenvalue weighted by atomic mass is 16.5. The van der Waals surface area contributed by atoms with Gasteiger partial charge in [-0.15, -0.1) is 0 Å². The van der Waals surface area contributed by atoms with Crippen molar-refractivity contribution in [3.8, 4) is 0 Å². The van der Waals surface area contributed by atoms with Gasteiger partial charge in [-0.2, -0.15) is 0 Å². The number of aryl methyl sites for hydroxylation is 1. The summed E-state index contributed by atoms with van der Waals surface area (Å²) in [5.74, 6) is 1.47. The van der Waals surface area contributed by atoms with Gasteiger partial charge >= 0.3 is 0 Å². The minimum absolute atomic E-state index is 0.379. The molecule has 3 aliphatic rings. The quantitative estimate of drug-likeness (QED) is 0.814. The Morgan fingerprint density at radius 3 is 3.00 bits per heavy atom. The number of nitrogens with zero attached hydrogens (tertiary/aromatic N) is 2. The van der Waals surface area contributed by atoms with Crippen molar-refractivity contribution in [3.63, 3.8) is 0 Å². The molecule has 1 aromatic rings. The molecule has 0 spiro atoms. The second-order valence-corrected chi connectivity index (χ2v) is 5.74. The zero-order valence-electron chi connectivity index (χ0n) is 10.8. The fourth-order valence-electron chi connectivity index (χ4n) is 3.65. The Bertz CT molecular complexity index is 488. The molecule has 4 nitrogen and oxygen atoms in total. The highest BCUT2D eigenvalue weighted by molar-refractivity contribution is 5.28. The first-order valence-corrected chi connectivity index (χ1v) is 7.04. The van der Waals surface area contributed by atoms with Crippen molar-refractivity contribution >= 4 is 0 Å². The van der Waals surface area contributed by atoms with Crippen molar-refractivity contribution in [2.45, 2.75) is 57.3 Å². The smallest absolute Gasteiger partial charge is 0.134 e. The van der Waals surface area contributed by atoms with Crippen LogP contribution in [-0.2, 0) is 17.7 Å². The second-order valence-electron chi connectivity index (χ2n) is 5.74. The van der Waals surface area contributed by atoms with Gasteiger partial charge in [-0.05, 0) is 44.7 Å². The Kier molecular flexibility index (Phi) is 2.42. The monoisotopic (exact) mass is 245 g/mol. The number of aromatic nitrogens is 2. The molecular weight excluding hydrogens is 226 g/mol. The molecule has 2 saturated heterocycles. The zero-order chi connectivity index (χ0) is 12.1. The molecule has 96 valence electrons. The molecule has 3 unspecified atom stereocenters. The predicted molar refractivity (Wildman–Crippen MR) is 67.4 cm³/mol. The summed E-state index contributed by atoms with van der Waals surface area (Å²) in [6.45, 7) is 4.07. The van der Waals surface area contributed by atoms with Gasteiger partial charge in [0.2, 0.25) is 0 Å². The van der Waals surface area contributed by atoms with Gasteiger partial charge in [0, 0.05) is 18.2 Å². The van der Waals surface area contributed by atoms with E-state index >= 15 is 0 Å². The molecule has 1 N–H and O–H groups in total. The number of hydrogen-bond donors (Lipinski definition) is 1. The lowest BCUT2D eigenvalue weighted by atomic mass is 9.88. The first kappa shape index (κ1) is 10.9. The molecule has 3 aliphatic heterocycles. The summed E-state index contributed by atoms with van der Waals surface area (Å²) in [6.07, 6.45) is 5.45. The lowest BCUT2D eigenvalue weighted by Crippen LogP contribution is -2.28. The van der Waals surface area contributed by atoms with E-state index in [4.69, 9.17) is 14.7 Å². The van der Waals surface area contributed by atoms with E-state index in [1.807, 2.05) is 0 Å². The molecule has 4 heteroatoms. The maximum absolute atomic E-state index is 5.93. The predicted octanol–water partition coefficient (Wildman–Crippen LogP) is 1.47. The molecule has 2 bridgehead atoms. The fourth-order valence-corrected chi connectivity index (χ4v) is 3.65. The Morgan fingerprint density at radius 2 is 2.22 bits per heavy atom. The molecule has 0 radical (unpaired) electrons. The fraction of sp³-hybridized carbons (Fsp3) is 0.714. The van der Waals surface area contributed by atoms with Gasteiger partial charge in [0.1, 0.15) is 5.82 Å². The summed E-state index contributed by atoms with van der Waals surface area (Å²) in [5.41, 5.74) is 3.76. The second kappa shape index (κ2) is 4.00. The number of rotatable bonds is 1. The molecule has 0 aliphatic carbocycles. The largest absolute Gasteiger partial charge is 0.374 e. The van der Waals surface area contributed by atoms with Crippen molar-refractivity contribution in [2.24, 2.45) is 0 Å². The van der Waals surface area contributed by atoms with Gasteiger partial charge in [-0.3, -0.25) is 0 Å². The molecule has 4 heterocycles. The van der Waals surface area contributed by atoms with Gasteiger partial charge in [0.15, 0.2) is 0 Å². The van der Waals surface area contributed by atoms with Crippen LogP contribution in [-0.4, -0.2) is 28.7 Å². The van der Waals surface area contributed by atoms with Gasteiger partial charge < -0.3 is 10.1 Å². The number of nitrogens with one attached hydrogen (secondary N) is 1. The molecule has 0 saturated carbocycles. The van der Waals surface area contributed by atoms with Crippen LogP contribution in [0.3, 0.4) is 0 Å². The Morgan fingerprint density at radius 1 is 1.28 bits per heavy atom. The van der Waals surface area contributed by atoms with E-state index in [-0.39, 0.29) is 0 Å². The van der Waals surface area contributed by atoms with Crippen molar-refractivity contribution in [3.05, 3.63) is 22.8 Å². The molecule has 4 rings (SSSR count). The molecule has 1 aromatic heterocycles. The number of hydrogen-bond acceptors (Lipinski definition) is 4. The van der Waals surface area contributed by atoms with Crippen LogP contribution < -0.4 is 5.32 Å². The summed E-state index contributed by atoms with van der Waals surface area (Å²) in [5, 5.41) is 3.40. The van der Waals surface area contributed by atoms with E-state index in [9.17, 15) is 0 Å². The van der Waals surface area contributed by atoms with E-state index in [1.54, 1.807) is 0 Å². The third-order valence-corrected chi connectivity index (χ3v) is 4.60. The van der Waals surface area contributed by atoms with E-state index < -0.39 is 0 Å². The Labute approximate surface area is 107 Å². The normalized spacial score (nSPS) is 33.7. The van der Waals surface area contributed by atoms with Gasteiger partial charge in [0.25, 0.3) is 0 Å². The molecule has 18 heavy (non-hydrogen) atoms. The van der Waals surface area contributed by atoms with E-state index in [0.717, 1.165) is 31.8 Å². The van der Waals surface area contributed by atoms with Crippen LogP contribution in [0.2, 0.25) is 0 Å². The van der Waals surface area contributed by atoms with E-state index in [1.165, 1.54) is 29.8 Å². The highest BCUT2D eigenvalue weighted by Crippen LogP contribution is 2.43.